The van der Waals surface area contributed by atoms with Gasteiger partial charge in [-0.1, -0.05) is 29.8 Å². The zero-order valence-corrected chi connectivity index (χ0v) is 17.7. The fourth-order valence-corrected chi connectivity index (χ4v) is 3.60. The first kappa shape index (κ1) is 22.7. The summed E-state index contributed by atoms with van der Waals surface area (Å²) in [5.41, 5.74) is 1.68. The van der Waals surface area contributed by atoms with Crippen LogP contribution in [0.3, 0.4) is 0 Å². The van der Waals surface area contributed by atoms with Crippen LogP contribution in [0.5, 0.6) is 0 Å². The van der Waals surface area contributed by atoms with Gasteiger partial charge in [0.05, 0.1) is 34.4 Å². The van der Waals surface area contributed by atoms with Crippen molar-refractivity contribution in [2.24, 2.45) is 12.0 Å². The molecule has 4 aromatic rings. The maximum Gasteiger partial charge on any atom is 0.416 e. The van der Waals surface area contributed by atoms with Gasteiger partial charge in [0, 0.05) is 7.05 Å². The van der Waals surface area contributed by atoms with E-state index in [4.69, 9.17) is 0 Å². The summed E-state index contributed by atoms with van der Waals surface area (Å²) in [5.74, 6) is 0. The smallest absolute Gasteiger partial charge is 0.313 e. The fraction of sp³-hybridized carbons (Fsp3) is 0.208. The summed E-state index contributed by atoms with van der Waals surface area (Å²) >= 11 is 0. The van der Waals surface area contributed by atoms with Crippen LogP contribution < -0.4 is 5.62 Å². The summed E-state index contributed by atoms with van der Waals surface area (Å²) in [7, 11) is 1.66. The number of aryl methyl sites for hydroxylation is 2. The molecule has 1 aromatic heterocycles. The molecule has 3 aromatic carbocycles. The Labute approximate surface area is 185 Å². The van der Waals surface area contributed by atoms with Gasteiger partial charge in [0.25, 0.3) is 0 Å². The first-order valence-electron chi connectivity index (χ1n) is 9.97. The largest absolute Gasteiger partial charge is 0.416 e. The molecule has 0 atom stereocenters. The molecule has 0 saturated carbocycles. The number of benzene rings is 3. The summed E-state index contributed by atoms with van der Waals surface area (Å²) in [4.78, 5) is 4.48. The van der Waals surface area contributed by atoms with Crippen molar-refractivity contribution >= 4 is 16.7 Å². The minimum Gasteiger partial charge on any atom is -0.313 e. The van der Waals surface area contributed by atoms with Gasteiger partial charge >= 0.3 is 12.4 Å². The average molecular weight is 463 g/mol. The number of halogens is 6. The average Bonchev–Trinajstić information content (AvgIpc) is 3.00. The Hall–Kier alpha value is -3.49. The molecule has 0 aliphatic carbocycles. The van der Waals surface area contributed by atoms with Gasteiger partial charge in [-0.2, -0.15) is 26.3 Å². The van der Waals surface area contributed by atoms with Gasteiger partial charge in [-0.3, -0.25) is 0 Å². The normalized spacial score (nSPS) is 13.2. The maximum absolute atomic E-state index is 13.4. The topological polar surface area (TPSA) is 22.2 Å². The lowest BCUT2D eigenvalue weighted by atomic mass is 10.1. The predicted molar refractivity (Wildman–Crippen MR) is 113 cm³/mol. The standard InChI is InChI=1S/C24H19F6N3/c1-15-3-5-16(6-4-15)14-33-21-13-18(24(28,29)30)9-12-20(21)32(2)22(33)31-19-10-7-17(8-11-19)23(25,26)27/h3-13H,14H2,1-2H3. The zero-order valence-electron chi connectivity index (χ0n) is 17.7. The lowest BCUT2D eigenvalue weighted by molar-refractivity contribution is -0.138. The Morgan fingerprint density at radius 3 is 1.88 bits per heavy atom. The van der Waals surface area contributed by atoms with E-state index in [9.17, 15) is 26.3 Å². The number of hydrogen-bond donors (Lipinski definition) is 0. The number of rotatable bonds is 3. The SMILES string of the molecule is Cc1ccc(Cn2c(=Nc3ccc(C(F)(F)F)cc3)n(C)c3ccc(C(F)(F)F)cc32)cc1. The van der Waals surface area contributed by atoms with Crippen LogP contribution in [0.15, 0.2) is 71.7 Å². The van der Waals surface area contributed by atoms with Gasteiger partial charge in [0.15, 0.2) is 0 Å². The van der Waals surface area contributed by atoms with Gasteiger partial charge in [-0.25, -0.2) is 4.99 Å². The van der Waals surface area contributed by atoms with Crippen LogP contribution in [0.2, 0.25) is 0 Å². The first-order valence-corrected chi connectivity index (χ1v) is 9.97. The molecule has 172 valence electrons. The molecular weight excluding hydrogens is 444 g/mol. The minimum atomic E-state index is -4.52. The van der Waals surface area contributed by atoms with E-state index in [2.05, 4.69) is 4.99 Å². The highest BCUT2D eigenvalue weighted by atomic mass is 19.4. The number of aromatic nitrogens is 2. The molecular formula is C24H19F6N3. The van der Waals surface area contributed by atoms with E-state index in [0.29, 0.717) is 16.7 Å². The van der Waals surface area contributed by atoms with E-state index in [1.165, 1.54) is 18.2 Å². The molecule has 9 heteroatoms. The zero-order chi connectivity index (χ0) is 24.0. The van der Waals surface area contributed by atoms with Crippen LogP contribution in [0.25, 0.3) is 11.0 Å². The van der Waals surface area contributed by atoms with Crippen molar-refractivity contribution in [2.45, 2.75) is 25.8 Å². The van der Waals surface area contributed by atoms with Gasteiger partial charge in [0.2, 0.25) is 5.62 Å². The van der Waals surface area contributed by atoms with E-state index in [-0.39, 0.29) is 12.2 Å². The molecule has 1 heterocycles. The second-order valence-electron chi connectivity index (χ2n) is 7.79. The second-order valence-corrected chi connectivity index (χ2v) is 7.79. The molecule has 0 aliphatic rings. The van der Waals surface area contributed by atoms with E-state index in [1.807, 2.05) is 31.2 Å². The molecule has 33 heavy (non-hydrogen) atoms. The van der Waals surface area contributed by atoms with E-state index < -0.39 is 23.5 Å². The predicted octanol–water partition coefficient (Wildman–Crippen LogP) is 6.61. The minimum absolute atomic E-state index is 0.235. The summed E-state index contributed by atoms with van der Waals surface area (Å²) < 4.78 is 82.1. The third-order valence-corrected chi connectivity index (χ3v) is 5.38. The number of nitrogens with zero attached hydrogens (tertiary/aromatic N) is 3. The monoisotopic (exact) mass is 463 g/mol. The highest BCUT2D eigenvalue weighted by Gasteiger charge is 2.31. The third kappa shape index (κ3) is 4.67. The quantitative estimate of drug-likeness (QED) is 0.305. The molecule has 0 bridgehead atoms. The Morgan fingerprint density at radius 1 is 0.727 bits per heavy atom. The first-order chi connectivity index (χ1) is 15.4. The molecule has 3 nitrogen and oxygen atoms in total. The Kier molecular flexibility index (Phi) is 5.59. The fourth-order valence-electron chi connectivity index (χ4n) is 3.60. The van der Waals surface area contributed by atoms with Crippen LogP contribution in [0.1, 0.15) is 22.3 Å². The summed E-state index contributed by atoms with van der Waals surface area (Å²) in [6.07, 6.45) is -8.99. The van der Waals surface area contributed by atoms with Crippen LogP contribution in [0.4, 0.5) is 32.0 Å². The molecule has 4 rings (SSSR count). The van der Waals surface area contributed by atoms with Gasteiger partial charge < -0.3 is 9.13 Å². The number of imidazole rings is 1. The Balaban J connectivity index is 1.92. The van der Waals surface area contributed by atoms with Crippen molar-refractivity contribution in [3.63, 3.8) is 0 Å². The molecule has 0 aliphatic heterocycles. The number of hydrogen-bond acceptors (Lipinski definition) is 1. The molecule has 0 unspecified atom stereocenters. The lowest BCUT2D eigenvalue weighted by Crippen LogP contribution is -2.24. The van der Waals surface area contributed by atoms with Gasteiger partial charge in [0.1, 0.15) is 0 Å². The van der Waals surface area contributed by atoms with Crippen LogP contribution in [-0.2, 0) is 25.9 Å². The molecule has 0 saturated heterocycles. The maximum atomic E-state index is 13.4. The second kappa shape index (κ2) is 8.13. The number of alkyl halides is 6. The molecule has 0 amide bonds. The number of fused-ring (bicyclic) bond motifs is 1. The van der Waals surface area contributed by atoms with E-state index in [0.717, 1.165) is 35.4 Å². The highest BCUT2D eigenvalue weighted by Crippen LogP contribution is 2.32. The van der Waals surface area contributed by atoms with Crippen LogP contribution in [0, 0.1) is 6.92 Å². The van der Waals surface area contributed by atoms with Crippen molar-refractivity contribution in [2.75, 3.05) is 0 Å². The lowest BCUT2D eigenvalue weighted by Gasteiger charge is -2.09. The van der Waals surface area contributed by atoms with Crippen LogP contribution in [-0.4, -0.2) is 9.13 Å². The highest BCUT2D eigenvalue weighted by molar-refractivity contribution is 5.77. The van der Waals surface area contributed by atoms with Crippen molar-refractivity contribution in [1.82, 2.24) is 9.13 Å². The summed E-state index contributed by atoms with van der Waals surface area (Å²) in [5, 5.41) is 0. The molecule has 0 radical (unpaired) electrons. The van der Waals surface area contributed by atoms with E-state index in [1.54, 1.807) is 16.2 Å². The van der Waals surface area contributed by atoms with Crippen molar-refractivity contribution in [3.8, 4) is 0 Å². The molecule has 0 fully saturated rings. The van der Waals surface area contributed by atoms with Crippen molar-refractivity contribution in [3.05, 3.63) is 94.6 Å². The molecule has 0 N–H and O–H groups in total. The molecule has 0 spiro atoms. The summed E-state index contributed by atoms with van der Waals surface area (Å²) in [6.45, 7) is 2.16. The van der Waals surface area contributed by atoms with Crippen molar-refractivity contribution in [1.29, 1.82) is 0 Å². The Bertz CT molecular complexity index is 1360. The Morgan fingerprint density at radius 2 is 1.30 bits per heavy atom. The third-order valence-electron chi connectivity index (χ3n) is 5.38. The van der Waals surface area contributed by atoms with Crippen LogP contribution >= 0.6 is 0 Å². The van der Waals surface area contributed by atoms with E-state index >= 15 is 0 Å². The summed E-state index contributed by atoms with van der Waals surface area (Å²) in [6, 6.07) is 15.3. The van der Waals surface area contributed by atoms with Gasteiger partial charge in [-0.15, -0.1) is 0 Å². The van der Waals surface area contributed by atoms with Crippen molar-refractivity contribution < 1.29 is 26.3 Å². The van der Waals surface area contributed by atoms with Gasteiger partial charge in [-0.05, 0) is 55.0 Å².